The van der Waals surface area contributed by atoms with E-state index in [0.29, 0.717) is 17.9 Å². The van der Waals surface area contributed by atoms with Gasteiger partial charge in [-0.1, -0.05) is 24.9 Å². The van der Waals surface area contributed by atoms with Gasteiger partial charge < -0.3 is 5.11 Å². The van der Waals surface area contributed by atoms with Crippen LogP contribution in [0.1, 0.15) is 26.2 Å². The average molecular weight is 303 g/mol. The van der Waals surface area contributed by atoms with E-state index in [-0.39, 0.29) is 11.3 Å². The topological polar surface area (TPSA) is 71.4 Å². The summed E-state index contributed by atoms with van der Waals surface area (Å²) in [4.78, 5) is 11.6. The molecular weight excluding hydrogens is 288 g/mol. The van der Waals surface area contributed by atoms with Gasteiger partial charge in [0.15, 0.2) is 14.6 Å². The van der Waals surface area contributed by atoms with Gasteiger partial charge in [-0.15, -0.1) is 0 Å². The highest BCUT2D eigenvalue weighted by molar-refractivity contribution is 7.93. The average Bonchev–Trinajstić information content (AvgIpc) is 2.73. The lowest BCUT2D eigenvalue weighted by molar-refractivity contribution is -0.141. The molecular formula is C13H15ClO4S. The second-order valence-corrected chi connectivity index (χ2v) is 7.59. The van der Waals surface area contributed by atoms with Gasteiger partial charge in [-0.05, 0) is 43.0 Å². The van der Waals surface area contributed by atoms with Crippen LogP contribution in [0.4, 0.5) is 0 Å². The Morgan fingerprint density at radius 1 is 1.37 bits per heavy atom. The summed E-state index contributed by atoms with van der Waals surface area (Å²) in [6, 6.07) is 5.66. The van der Waals surface area contributed by atoms with Crippen LogP contribution < -0.4 is 0 Å². The third-order valence-electron chi connectivity index (χ3n) is 3.95. The van der Waals surface area contributed by atoms with Gasteiger partial charge >= 0.3 is 5.97 Å². The van der Waals surface area contributed by atoms with E-state index in [1.807, 2.05) is 0 Å². The zero-order valence-electron chi connectivity index (χ0n) is 10.5. The number of hydrogen-bond donors (Lipinski definition) is 1. The van der Waals surface area contributed by atoms with Crippen LogP contribution in [0.5, 0.6) is 0 Å². The second-order valence-electron chi connectivity index (χ2n) is 4.95. The fourth-order valence-corrected chi connectivity index (χ4v) is 5.14. The largest absolute Gasteiger partial charge is 0.480 e. The van der Waals surface area contributed by atoms with Crippen molar-refractivity contribution in [2.75, 3.05) is 0 Å². The fraction of sp³-hybridized carbons (Fsp3) is 0.462. The summed E-state index contributed by atoms with van der Waals surface area (Å²) >= 11 is 5.74. The summed E-state index contributed by atoms with van der Waals surface area (Å²) in [5.41, 5.74) is 0. The molecule has 2 rings (SSSR count). The Kier molecular flexibility index (Phi) is 3.62. The van der Waals surface area contributed by atoms with Crippen molar-refractivity contribution in [3.8, 4) is 0 Å². The highest BCUT2D eigenvalue weighted by atomic mass is 35.5. The molecule has 0 heterocycles. The zero-order valence-corrected chi connectivity index (χ0v) is 12.0. The molecule has 19 heavy (non-hydrogen) atoms. The van der Waals surface area contributed by atoms with Gasteiger partial charge in [0.1, 0.15) is 0 Å². The predicted octanol–water partition coefficient (Wildman–Crippen LogP) is 2.76. The van der Waals surface area contributed by atoms with E-state index in [9.17, 15) is 18.3 Å². The highest BCUT2D eigenvalue weighted by Gasteiger charge is 2.57. The molecule has 0 amide bonds. The van der Waals surface area contributed by atoms with Crippen molar-refractivity contribution in [2.45, 2.75) is 35.8 Å². The number of carbonyl (C=O) groups is 1. The third kappa shape index (κ3) is 2.05. The van der Waals surface area contributed by atoms with Gasteiger partial charge in [-0.25, -0.2) is 8.42 Å². The number of halogens is 1. The van der Waals surface area contributed by atoms with Crippen LogP contribution in [0, 0.1) is 5.92 Å². The van der Waals surface area contributed by atoms with Crippen LogP contribution in [0.3, 0.4) is 0 Å². The van der Waals surface area contributed by atoms with Crippen LogP contribution in [-0.4, -0.2) is 24.2 Å². The Hall–Kier alpha value is -1.07. The molecule has 1 aromatic rings. The number of carboxylic acid groups (broad SMARTS) is 1. The summed E-state index contributed by atoms with van der Waals surface area (Å²) in [7, 11) is -3.92. The van der Waals surface area contributed by atoms with Crippen molar-refractivity contribution in [3.05, 3.63) is 29.3 Å². The summed E-state index contributed by atoms with van der Waals surface area (Å²) in [5.74, 6) is -1.65. The van der Waals surface area contributed by atoms with Crippen LogP contribution in [0.15, 0.2) is 29.2 Å². The number of benzene rings is 1. The molecule has 1 N–H and O–H groups in total. The molecule has 0 saturated heterocycles. The summed E-state index contributed by atoms with van der Waals surface area (Å²) in [6.07, 6.45) is 1.38. The quantitative estimate of drug-likeness (QED) is 0.932. The molecule has 0 aromatic heterocycles. The molecule has 1 aromatic carbocycles. The lowest BCUT2D eigenvalue weighted by Crippen LogP contribution is -2.48. The van der Waals surface area contributed by atoms with Crippen molar-refractivity contribution in [2.24, 2.45) is 5.92 Å². The van der Waals surface area contributed by atoms with E-state index in [4.69, 9.17) is 11.6 Å². The molecule has 0 bridgehead atoms. The number of sulfone groups is 1. The van der Waals surface area contributed by atoms with E-state index >= 15 is 0 Å². The van der Waals surface area contributed by atoms with Crippen LogP contribution in [0.2, 0.25) is 5.02 Å². The maximum absolute atomic E-state index is 12.7. The van der Waals surface area contributed by atoms with Gasteiger partial charge in [-0.3, -0.25) is 4.79 Å². The lowest BCUT2D eigenvalue weighted by atomic mass is 9.97. The van der Waals surface area contributed by atoms with Gasteiger partial charge in [0, 0.05) is 5.02 Å². The van der Waals surface area contributed by atoms with E-state index in [1.165, 1.54) is 24.3 Å². The monoisotopic (exact) mass is 302 g/mol. The molecule has 1 aliphatic rings. The molecule has 1 fully saturated rings. The summed E-state index contributed by atoms with van der Waals surface area (Å²) in [6.45, 7) is 1.69. The van der Waals surface area contributed by atoms with Gasteiger partial charge in [0.25, 0.3) is 0 Å². The first-order valence-corrected chi connectivity index (χ1v) is 7.92. The third-order valence-corrected chi connectivity index (χ3v) is 6.83. The first kappa shape index (κ1) is 14.3. The molecule has 104 valence electrons. The number of hydrogen-bond acceptors (Lipinski definition) is 3. The Balaban J connectivity index is 2.59. The van der Waals surface area contributed by atoms with Crippen LogP contribution in [0.25, 0.3) is 0 Å². The molecule has 2 atom stereocenters. The van der Waals surface area contributed by atoms with E-state index in [1.54, 1.807) is 6.92 Å². The van der Waals surface area contributed by atoms with Gasteiger partial charge in [-0.2, -0.15) is 0 Å². The number of carboxylic acids is 1. The standard InChI is InChI=1S/C13H15ClO4S/c1-9-3-2-8-13(9,12(15)16)19(17,18)11-6-4-10(14)5-7-11/h4-7,9H,2-3,8H2,1H3,(H,15,16). The smallest absolute Gasteiger partial charge is 0.325 e. The Morgan fingerprint density at radius 3 is 2.37 bits per heavy atom. The van der Waals surface area contributed by atoms with Gasteiger partial charge in [0.05, 0.1) is 4.90 Å². The fourth-order valence-electron chi connectivity index (χ4n) is 2.81. The minimum atomic E-state index is -3.92. The normalized spacial score (nSPS) is 27.4. The SMILES string of the molecule is CC1CCCC1(C(=O)O)S(=O)(=O)c1ccc(Cl)cc1. The first-order valence-electron chi connectivity index (χ1n) is 6.06. The van der Waals surface area contributed by atoms with Crippen LogP contribution >= 0.6 is 11.6 Å². The molecule has 4 nitrogen and oxygen atoms in total. The van der Waals surface area contributed by atoms with E-state index in [2.05, 4.69) is 0 Å². The Labute approximate surface area is 117 Å². The van der Waals surface area contributed by atoms with Crippen molar-refractivity contribution >= 4 is 27.4 Å². The Bertz CT molecular complexity index is 594. The molecule has 0 aliphatic heterocycles. The minimum Gasteiger partial charge on any atom is -0.480 e. The number of aliphatic carboxylic acids is 1. The summed E-state index contributed by atoms with van der Waals surface area (Å²) < 4.78 is 23.7. The molecule has 1 saturated carbocycles. The molecule has 0 spiro atoms. The van der Waals surface area contributed by atoms with Crippen LogP contribution in [-0.2, 0) is 14.6 Å². The van der Waals surface area contributed by atoms with Crippen molar-refractivity contribution < 1.29 is 18.3 Å². The highest BCUT2D eigenvalue weighted by Crippen LogP contribution is 2.44. The lowest BCUT2D eigenvalue weighted by Gasteiger charge is -2.28. The predicted molar refractivity (Wildman–Crippen MR) is 72.0 cm³/mol. The maximum atomic E-state index is 12.7. The minimum absolute atomic E-state index is 0.0213. The van der Waals surface area contributed by atoms with Crippen molar-refractivity contribution in [3.63, 3.8) is 0 Å². The number of rotatable bonds is 3. The summed E-state index contributed by atoms with van der Waals surface area (Å²) in [5, 5.41) is 9.90. The van der Waals surface area contributed by atoms with Crippen molar-refractivity contribution in [1.82, 2.24) is 0 Å². The molecule has 0 radical (unpaired) electrons. The second kappa shape index (κ2) is 4.80. The zero-order chi connectivity index (χ0) is 14.3. The van der Waals surface area contributed by atoms with Gasteiger partial charge in [0.2, 0.25) is 0 Å². The Morgan fingerprint density at radius 2 is 1.95 bits per heavy atom. The molecule has 1 aliphatic carbocycles. The van der Waals surface area contributed by atoms with E-state index in [0.717, 1.165) is 0 Å². The maximum Gasteiger partial charge on any atom is 0.325 e. The van der Waals surface area contributed by atoms with Crippen molar-refractivity contribution in [1.29, 1.82) is 0 Å². The van der Waals surface area contributed by atoms with E-state index < -0.39 is 26.5 Å². The molecule has 6 heteroatoms. The molecule has 2 unspecified atom stereocenters. The first-order chi connectivity index (χ1) is 8.82.